The fraction of sp³-hybridized carbons (Fsp3) is 0.462. The zero-order valence-corrected chi connectivity index (χ0v) is 19.1. The molecule has 0 aliphatic rings. The first kappa shape index (κ1) is 25.4. The van der Waals surface area contributed by atoms with E-state index >= 15 is 0 Å². The Morgan fingerprint density at radius 3 is 2.34 bits per heavy atom. The normalized spacial score (nSPS) is 10.6. The molecule has 0 saturated carbocycles. The van der Waals surface area contributed by atoms with Crippen LogP contribution < -0.4 is 9.47 Å². The molecular weight excluding hydrogens is 408 g/mol. The standard InChI is InChI=1S/C26H34O6/c1-3-5-15-29-17-18-31-24-12-9-21(10-13-24)22-11-14-25(23(19-22)20-27)32-16-7-6-8-26(28)30-4-2/h9-14,19-20H,3-8,15-18H2,1-2H3. The molecule has 0 N–H and O–H groups in total. The van der Waals surface area contributed by atoms with Gasteiger partial charge in [-0.25, -0.2) is 0 Å². The minimum atomic E-state index is -0.192. The molecular formula is C26H34O6. The predicted octanol–water partition coefficient (Wildman–Crippen LogP) is 5.47. The summed E-state index contributed by atoms with van der Waals surface area (Å²) in [5, 5.41) is 0. The van der Waals surface area contributed by atoms with E-state index < -0.39 is 0 Å². The van der Waals surface area contributed by atoms with E-state index in [4.69, 9.17) is 18.9 Å². The largest absolute Gasteiger partial charge is 0.493 e. The van der Waals surface area contributed by atoms with Crippen molar-refractivity contribution in [2.75, 3.05) is 33.0 Å². The number of esters is 1. The van der Waals surface area contributed by atoms with Crippen LogP contribution in [0.5, 0.6) is 11.5 Å². The lowest BCUT2D eigenvalue weighted by Gasteiger charge is -2.11. The third kappa shape index (κ3) is 9.10. The number of hydrogen-bond donors (Lipinski definition) is 0. The van der Waals surface area contributed by atoms with Gasteiger partial charge in [-0.1, -0.05) is 31.5 Å². The molecule has 0 heterocycles. The first-order valence-corrected chi connectivity index (χ1v) is 11.4. The molecule has 2 aromatic carbocycles. The number of aldehydes is 1. The molecule has 6 heteroatoms. The molecule has 0 aliphatic carbocycles. The Morgan fingerprint density at radius 1 is 0.844 bits per heavy atom. The van der Waals surface area contributed by atoms with Crippen LogP contribution >= 0.6 is 0 Å². The van der Waals surface area contributed by atoms with E-state index in [0.717, 1.165) is 42.6 Å². The molecule has 32 heavy (non-hydrogen) atoms. The Kier molecular flexibility index (Phi) is 11.9. The van der Waals surface area contributed by atoms with Crippen molar-refractivity contribution in [3.63, 3.8) is 0 Å². The van der Waals surface area contributed by atoms with E-state index in [0.29, 0.717) is 57.0 Å². The molecule has 0 atom stereocenters. The predicted molar refractivity (Wildman–Crippen MR) is 124 cm³/mol. The van der Waals surface area contributed by atoms with Gasteiger partial charge >= 0.3 is 5.97 Å². The summed E-state index contributed by atoms with van der Waals surface area (Å²) in [5.41, 5.74) is 2.41. The van der Waals surface area contributed by atoms with E-state index in [1.54, 1.807) is 6.92 Å². The Balaban J connectivity index is 1.83. The lowest BCUT2D eigenvalue weighted by atomic mass is 10.0. The van der Waals surface area contributed by atoms with Crippen LogP contribution in [0.15, 0.2) is 42.5 Å². The SMILES string of the molecule is CCCCOCCOc1ccc(-c2ccc(OCCCCC(=O)OCC)c(C=O)c2)cc1. The van der Waals surface area contributed by atoms with E-state index in [-0.39, 0.29) is 5.97 Å². The van der Waals surface area contributed by atoms with Crippen molar-refractivity contribution in [1.29, 1.82) is 0 Å². The number of hydrogen-bond acceptors (Lipinski definition) is 6. The highest BCUT2D eigenvalue weighted by atomic mass is 16.5. The Morgan fingerprint density at radius 2 is 1.62 bits per heavy atom. The van der Waals surface area contributed by atoms with Gasteiger partial charge in [0.1, 0.15) is 18.1 Å². The highest BCUT2D eigenvalue weighted by Gasteiger charge is 2.08. The highest BCUT2D eigenvalue weighted by Crippen LogP contribution is 2.27. The molecule has 0 fully saturated rings. The molecule has 0 aromatic heterocycles. The van der Waals surface area contributed by atoms with Crippen LogP contribution in [-0.4, -0.2) is 45.3 Å². The molecule has 2 rings (SSSR count). The Bertz CT molecular complexity index is 816. The van der Waals surface area contributed by atoms with Crippen molar-refractivity contribution in [2.45, 2.75) is 46.0 Å². The summed E-state index contributed by atoms with van der Waals surface area (Å²) in [6, 6.07) is 13.3. The average molecular weight is 443 g/mol. The number of ether oxygens (including phenoxy) is 4. The number of benzene rings is 2. The van der Waals surface area contributed by atoms with Crippen LogP contribution in [0, 0.1) is 0 Å². The van der Waals surface area contributed by atoms with E-state index in [1.807, 2.05) is 42.5 Å². The van der Waals surface area contributed by atoms with Gasteiger partial charge in [-0.2, -0.15) is 0 Å². The van der Waals surface area contributed by atoms with Crippen molar-refractivity contribution in [3.05, 3.63) is 48.0 Å². The second-order valence-corrected chi connectivity index (χ2v) is 7.32. The summed E-state index contributed by atoms with van der Waals surface area (Å²) in [4.78, 5) is 22.9. The molecule has 174 valence electrons. The van der Waals surface area contributed by atoms with Gasteiger partial charge in [0, 0.05) is 13.0 Å². The molecule has 0 radical (unpaired) electrons. The van der Waals surface area contributed by atoms with Crippen molar-refractivity contribution < 1.29 is 28.5 Å². The average Bonchev–Trinajstić information content (AvgIpc) is 2.82. The second-order valence-electron chi connectivity index (χ2n) is 7.32. The first-order valence-electron chi connectivity index (χ1n) is 11.4. The maximum absolute atomic E-state index is 11.6. The van der Waals surface area contributed by atoms with Crippen LogP contribution in [0.1, 0.15) is 56.3 Å². The van der Waals surface area contributed by atoms with E-state index in [1.165, 1.54) is 0 Å². The van der Waals surface area contributed by atoms with Gasteiger partial charge < -0.3 is 18.9 Å². The monoisotopic (exact) mass is 442 g/mol. The smallest absolute Gasteiger partial charge is 0.305 e. The van der Waals surface area contributed by atoms with Crippen molar-refractivity contribution >= 4 is 12.3 Å². The topological polar surface area (TPSA) is 71.1 Å². The Labute approximate surface area is 190 Å². The van der Waals surface area contributed by atoms with Gasteiger partial charge in [-0.05, 0) is 61.6 Å². The van der Waals surface area contributed by atoms with E-state index in [9.17, 15) is 9.59 Å². The summed E-state index contributed by atoms with van der Waals surface area (Å²) in [6.07, 6.45) is 4.77. The lowest BCUT2D eigenvalue weighted by molar-refractivity contribution is -0.143. The van der Waals surface area contributed by atoms with Crippen molar-refractivity contribution in [1.82, 2.24) is 0 Å². The quantitative estimate of drug-likeness (QED) is 0.195. The molecule has 0 bridgehead atoms. The zero-order valence-electron chi connectivity index (χ0n) is 19.1. The summed E-state index contributed by atoms with van der Waals surface area (Å²) < 4.78 is 21.8. The minimum absolute atomic E-state index is 0.192. The lowest BCUT2D eigenvalue weighted by Crippen LogP contribution is -2.07. The molecule has 0 saturated heterocycles. The number of unbranched alkanes of at least 4 members (excludes halogenated alkanes) is 2. The van der Waals surface area contributed by atoms with Crippen LogP contribution in [0.4, 0.5) is 0 Å². The van der Waals surface area contributed by atoms with Gasteiger partial charge in [-0.3, -0.25) is 9.59 Å². The second kappa shape index (κ2) is 15.0. The first-order chi connectivity index (χ1) is 15.7. The molecule has 0 aliphatic heterocycles. The third-order valence-electron chi connectivity index (χ3n) is 4.80. The van der Waals surface area contributed by atoms with Crippen LogP contribution in [0.2, 0.25) is 0 Å². The van der Waals surface area contributed by atoms with Crippen molar-refractivity contribution in [3.8, 4) is 22.6 Å². The maximum Gasteiger partial charge on any atom is 0.305 e. The summed E-state index contributed by atoms with van der Waals surface area (Å²) in [5.74, 6) is 1.14. The van der Waals surface area contributed by atoms with Gasteiger partial charge in [-0.15, -0.1) is 0 Å². The van der Waals surface area contributed by atoms with Gasteiger partial charge in [0.2, 0.25) is 0 Å². The zero-order chi connectivity index (χ0) is 23.0. The number of carbonyl (C=O) groups excluding carboxylic acids is 2. The number of rotatable bonds is 16. The molecule has 0 amide bonds. The van der Waals surface area contributed by atoms with Gasteiger partial charge in [0.15, 0.2) is 6.29 Å². The molecule has 0 unspecified atom stereocenters. The van der Waals surface area contributed by atoms with Gasteiger partial charge in [0.25, 0.3) is 0 Å². The van der Waals surface area contributed by atoms with Crippen LogP contribution in [0.3, 0.4) is 0 Å². The Hall–Kier alpha value is -2.86. The summed E-state index contributed by atoms with van der Waals surface area (Å²) >= 11 is 0. The van der Waals surface area contributed by atoms with E-state index in [2.05, 4.69) is 6.92 Å². The maximum atomic E-state index is 11.6. The van der Waals surface area contributed by atoms with Crippen molar-refractivity contribution in [2.24, 2.45) is 0 Å². The highest BCUT2D eigenvalue weighted by molar-refractivity contribution is 5.83. The van der Waals surface area contributed by atoms with Gasteiger partial charge in [0.05, 0.1) is 25.4 Å². The molecule has 6 nitrogen and oxygen atoms in total. The fourth-order valence-corrected chi connectivity index (χ4v) is 3.05. The van der Waals surface area contributed by atoms with Crippen LogP contribution in [0.25, 0.3) is 11.1 Å². The fourth-order valence-electron chi connectivity index (χ4n) is 3.05. The third-order valence-corrected chi connectivity index (χ3v) is 4.80. The minimum Gasteiger partial charge on any atom is -0.493 e. The van der Waals surface area contributed by atoms with Crippen LogP contribution in [-0.2, 0) is 14.3 Å². The molecule has 2 aromatic rings. The summed E-state index contributed by atoms with van der Waals surface area (Å²) in [6.45, 7) is 6.63. The number of carbonyl (C=O) groups is 2. The summed E-state index contributed by atoms with van der Waals surface area (Å²) in [7, 11) is 0. The molecule has 0 spiro atoms.